The van der Waals surface area contributed by atoms with Crippen LogP contribution in [0.25, 0.3) is 11.2 Å². The molecule has 2 aromatic heterocycles. The van der Waals surface area contributed by atoms with Crippen molar-refractivity contribution in [1.29, 1.82) is 0 Å². The highest BCUT2D eigenvalue weighted by atomic mass is 32.2. The molecule has 1 aliphatic rings. The van der Waals surface area contributed by atoms with Crippen molar-refractivity contribution >= 4 is 39.1 Å². The average molecular weight is 774 g/mol. The van der Waals surface area contributed by atoms with Crippen LogP contribution in [0.3, 0.4) is 0 Å². The molecule has 3 aromatic carbocycles. The number of fused-ring (bicyclic) bond motifs is 1. The van der Waals surface area contributed by atoms with Gasteiger partial charge in [0.25, 0.3) is 15.7 Å². The van der Waals surface area contributed by atoms with Gasteiger partial charge >= 0.3 is 5.97 Å². The zero-order valence-corrected chi connectivity index (χ0v) is 31.7. The van der Waals surface area contributed by atoms with Crippen LogP contribution in [0.4, 0.5) is 5.95 Å². The number of hydrogen-bond donors (Lipinski definition) is 2. The van der Waals surface area contributed by atoms with Gasteiger partial charge in [0.15, 0.2) is 23.5 Å². The minimum absolute atomic E-state index is 0.0194. The summed E-state index contributed by atoms with van der Waals surface area (Å²) >= 11 is 0. The van der Waals surface area contributed by atoms with Crippen molar-refractivity contribution in [2.75, 3.05) is 18.5 Å². The van der Waals surface area contributed by atoms with Gasteiger partial charge in [-0.05, 0) is 30.2 Å². The van der Waals surface area contributed by atoms with Gasteiger partial charge in [-0.1, -0.05) is 92.2 Å². The molecule has 0 unspecified atom stereocenters. The molecule has 0 bridgehead atoms. The van der Waals surface area contributed by atoms with E-state index < -0.39 is 51.6 Å². The van der Waals surface area contributed by atoms with E-state index in [2.05, 4.69) is 20.3 Å². The average Bonchev–Trinajstić information content (AvgIpc) is 3.70. The van der Waals surface area contributed by atoms with Crippen molar-refractivity contribution in [2.45, 2.75) is 76.3 Å². The lowest BCUT2D eigenvalue weighted by atomic mass is 9.92. The summed E-state index contributed by atoms with van der Waals surface area (Å²) in [6.07, 6.45) is -2.33. The zero-order valence-electron chi connectivity index (χ0n) is 30.8. The summed E-state index contributed by atoms with van der Waals surface area (Å²) in [5, 5.41) is 2.60. The summed E-state index contributed by atoms with van der Waals surface area (Å²) in [5.74, 6) is -1.57. The number of aromatic nitrogens is 4. The molecule has 0 spiro atoms. The van der Waals surface area contributed by atoms with Gasteiger partial charge in [0.05, 0.1) is 37.7 Å². The fourth-order valence-electron chi connectivity index (χ4n) is 6.19. The number of amides is 1. The van der Waals surface area contributed by atoms with Crippen molar-refractivity contribution < 1.29 is 41.1 Å². The van der Waals surface area contributed by atoms with E-state index in [4.69, 9.17) is 23.1 Å². The summed E-state index contributed by atoms with van der Waals surface area (Å²) in [5.41, 5.74) is 0.343. The maximum atomic E-state index is 13.3. The van der Waals surface area contributed by atoms with Gasteiger partial charge in [-0.2, -0.15) is 13.4 Å². The third-order valence-electron chi connectivity index (χ3n) is 9.03. The maximum absolute atomic E-state index is 13.3. The molecule has 6 rings (SSSR count). The van der Waals surface area contributed by atoms with Crippen molar-refractivity contribution in [3.63, 3.8) is 0 Å². The van der Waals surface area contributed by atoms with E-state index >= 15 is 0 Å². The molecule has 290 valence electrons. The van der Waals surface area contributed by atoms with Gasteiger partial charge in [0.1, 0.15) is 11.7 Å². The summed E-state index contributed by atoms with van der Waals surface area (Å²) in [4.78, 5) is 49.8. The zero-order chi connectivity index (χ0) is 39.2. The Kier molecular flexibility index (Phi) is 12.2. The smallest absolute Gasteiger partial charge is 0.303 e. The molecule has 1 fully saturated rings. The number of ether oxygens (including phenoxy) is 4. The minimum Gasteiger partial charge on any atom is -0.455 e. The lowest BCUT2D eigenvalue weighted by Crippen LogP contribution is -2.50. The highest BCUT2D eigenvalue weighted by Gasteiger charge is 2.59. The third-order valence-corrected chi connectivity index (χ3v) is 10.4. The SMILES string of the molecule is CC(=O)O[C@H]1[C@H](n2cnc3c(=O)[nH]c(NC(=O)C(C)C)nc32)O[C@](CCOS(=O)(=O)c2ccc(C)cc2)(COCc2ccccc2)[C@H]1OCc1ccccc1. The Morgan fingerprint density at radius 1 is 0.982 bits per heavy atom. The number of aromatic amines is 1. The van der Waals surface area contributed by atoms with Crippen LogP contribution in [-0.4, -0.2) is 70.8 Å². The lowest BCUT2D eigenvalue weighted by Gasteiger charge is -2.34. The topological polar surface area (TPSA) is 190 Å². The van der Waals surface area contributed by atoms with E-state index in [0.29, 0.717) is 0 Å². The van der Waals surface area contributed by atoms with E-state index in [9.17, 15) is 22.8 Å². The molecular formula is C39H43N5O10S. The Labute approximate surface area is 318 Å². The summed E-state index contributed by atoms with van der Waals surface area (Å²) in [6, 6.07) is 25.0. The van der Waals surface area contributed by atoms with Gasteiger partial charge in [-0.3, -0.25) is 33.4 Å². The molecule has 0 aliphatic carbocycles. The van der Waals surface area contributed by atoms with E-state index in [1.54, 1.807) is 26.0 Å². The molecule has 5 aromatic rings. The van der Waals surface area contributed by atoms with E-state index in [1.165, 1.54) is 30.0 Å². The minimum atomic E-state index is -4.20. The Balaban J connectivity index is 1.42. The van der Waals surface area contributed by atoms with Crippen molar-refractivity contribution in [1.82, 2.24) is 19.5 Å². The number of imidazole rings is 1. The molecule has 4 atom stereocenters. The van der Waals surface area contributed by atoms with E-state index in [1.807, 2.05) is 67.6 Å². The Hall–Kier alpha value is -5.26. The number of nitrogens with one attached hydrogen (secondary N) is 2. The van der Waals surface area contributed by atoms with E-state index in [0.717, 1.165) is 16.7 Å². The Morgan fingerprint density at radius 2 is 1.64 bits per heavy atom. The van der Waals surface area contributed by atoms with Crippen LogP contribution in [0.15, 0.2) is 101 Å². The molecule has 2 N–H and O–H groups in total. The Bertz CT molecular complexity index is 2260. The number of esters is 1. The quantitative estimate of drug-likeness (QED) is 0.103. The highest BCUT2D eigenvalue weighted by molar-refractivity contribution is 7.86. The number of carbonyl (C=O) groups excluding carboxylic acids is 2. The predicted molar refractivity (Wildman–Crippen MR) is 200 cm³/mol. The van der Waals surface area contributed by atoms with Crippen molar-refractivity contribution in [3.05, 3.63) is 118 Å². The van der Waals surface area contributed by atoms with Gasteiger partial charge in [0, 0.05) is 19.3 Å². The molecular weight excluding hydrogens is 731 g/mol. The van der Waals surface area contributed by atoms with Crippen molar-refractivity contribution in [3.8, 4) is 0 Å². The fourth-order valence-corrected chi connectivity index (χ4v) is 7.10. The Morgan fingerprint density at radius 3 is 2.27 bits per heavy atom. The second-order valence-electron chi connectivity index (χ2n) is 13.6. The highest BCUT2D eigenvalue weighted by Crippen LogP contribution is 2.44. The van der Waals surface area contributed by atoms with Gasteiger partial charge in [0.2, 0.25) is 11.9 Å². The number of aryl methyl sites for hydroxylation is 1. The summed E-state index contributed by atoms with van der Waals surface area (Å²) in [6.45, 7) is 6.14. The second kappa shape index (κ2) is 17.0. The van der Waals surface area contributed by atoms with Gasteiger partial charge in [-0.25, -0.2) is 4.98 Å². The molecule has 55 heavy (non-hydrogen) atoms. The van der Waals surface area contributed by atoms with Crippen molar-refractivity contribution in [2.24, 2.45) is 5.92 Å². The number of nitrogens with zero attached hydrogens (tertiary/aromatic N) is 3. The van der Waals surface area contributed by atoms with Crippen LogP contribution >= 0.6 is 0 Å². The number of H-pyrrole nitrogens is 1. The van der Waals surface area contributed by atoms with Gasteiger partial charge < -0.3 is 18.9 Å². The normalized spacial score (nSPS) is 19.8. The van der Waals surface area contributed by atoms with Crippen LogP contribution in [0.5, 0.6) is 0 Å². The maximum Gasteiger partial charge on any atom is 0.303 e. The van der Waals surface area contributed by atoms with Crippen LogP contribution in [0.1, 0.15) is 50.1 Å². The van der Waals surface area contributed by atoms with Crippen LogP contribution < -0.4 is 10.9 Å². The van der Waals surface area contributed by atoms with Crippen LogP contribution in [0, 0.1) is 12.8 Å². The molecule has 15 nitrogen and oxygen atoms in total. The largest absolute Gasteiger partial charge is 0.455 e. The first kappa shape index (κ1) is 39.4. The molecule has 1 aliphatic heterocycles. The molecule has 1 amide bonds. The number of hydrogen-bond acceptors (Lipinski definition) is 12. The standard InChI is InChI=1S/C39H43N5O10S/c1-25(2)35(46)42-38-41-34-31(36(47)43-38)40-24-44(34)37-32(53-27(4)45)33(51-22-29-13-9-6-10-14-29)39(54-37,23-50-21-28-11-7-5-8-12-28)19-20-52-55(48,49)30-17-15-26(3)16-18-30/h5-18,24-25,32-33,37H,19-23H2,1-4H3,(H2,41,42,43,46,47)/t32-,33+,37-,39-/m1/s1. The number of anilines is 1. The van der Waals surface area contributed by atoms with Gasteiger partial charge in [-0.15, -0.1) is 0 Å². The first-order valence-electron chi connectivity index (χ1n) is 17.7. The second-order valence-corrected chi connectivity index (χ2v) is 15.2. The first-order chi connectivity index (χ1) is 26.3. The molecule has 16 heteroatoms. The van der Waals surface area contributed by atoms with E-state index in [-0.39, 0.29) is 60.8 Å². The number of rotatable bonds is 16. The first-order valence-corrected chi connectivity index (χ1v) is 19.1. The molecule has 0 saturated carbocycles. The summed E-state index contributed by atoms with van der Waals surface area (Å²) < 4.78 is 59.4. The lowest BCUT2D eigenvalue weighted by molar-refractivity contribution is -0.164. The third kappa shape index (κ3) is 9.35. The van der Waals surface area contributed by atoms with Crippen LogP contribution in [-0.2, 0) is 56.1 Å². The molecule has 1 saturated heterocycles. The predicted octanol–water partition coefficient (Wildman–Crippen LogP) is 4.82. The fraction of sp³-hybridized carbons (Fsp3) is 0.359. The molecule has 3 heterocycles. The summed E-state index contributed by atoms with van der Waals surface area (Å²) in [7, 11) is -4.20. The molecule has 0 radical (unpaired) electrons. The van der Waals surface area contributed by atoms with Crippen LogP contribution in [0.2, 0.25) is 0 Å². The number of carbonyl (C=O) groups is 2. The monoisotopic (exact) mass is 773 g/mol. The number of benzene rings is 3.